The number of thiophene rings is 1. The van der Waals surface area contributed by atoms with Crippen molar-refractivity contribution in [3.8, 4) is 27.9 Å². The zero-order valence-corrected chi connectivity index (χ0v) is 34.5. The lowest BCUT2D eigenvalue weighted by Gasteiger charge is -2.29. The lowest BCUT2D eigenvalue weighted by Crippen LogP contribution is -2.16. The van der Waals surface area contributed by atoms with E-state index >= 15 is 0 Å². The molecule has 61 heavy (non-hydrogen) atoms. The summed E-state index contributed by atoms with van der Waals surface area (Å²) in [6, 6.07) is 71.2. The summed E-state index contributed by atoms with van der Waals surface area (Å²) in [7, 11) is 0. The molecule has 0 radical (unpaired) electrons. The maximum atomic E-state index is 6.53. The predicted molar refractivity (Wildman–Crippen MR) is 259 cm³/mol. The van der Waals surface area contributed by atoms with Gasteiger partial charge in [-0.25, -0.2) is 0 Å². The van der Waals surface area contributed by atoms with E-state index in [1.165, 1.54) is 81.0 Å². The summed E-state index contributed by atoms with van der Waals surface area (Å²) in [5, 5.41) is 7.23. The average Bonchev–Trinajstić information content (AvgIpc) is 4.03. The second-order valence-corrected chi connectivity index (χ2v) is 18.0. The van der Waals surface area contributed by atoms with Crippen LogP contribution in [0, 0.1) is 0 Å². The number of rotatable bonds is 5. The van der Waals surface area contributed by atoms with Gasteiger partial charge in [0.2, 0.25) is 0 Å². The van der Waals surface area contributed by atoms with Gasteiger partial charge in [-0.05, 0) is 118 Å². The number of fused-ring (bicyclic) bond motifs is 12. The van der Waals surface area contributed by atoms with Crippen LogP contribution in [0.1, 0.15) is 25.0 Å². The molecule has 9 aromatic carbocycles. The summed E-state index contributed by atoms with van der Waals surface area (Å²) >= 11 is 1.86. The number of hydrogen-bond donors (Lipinski definition) is 0. The molecule has 0 atom stereocenters. The maximum Gasteiger partial charge on any atom is 0.137 e. The zero-order valence-electron chi connectivity index (χ0n) is 33.7. The van der Waals surface area contributed by atoms with Crippen LogP contribution in [0.15, 0.2) is 199 Å². The molecule has 4 heteroatoms. The number of nitrogens with zero attached hydrogens (tertiary/aromatic N) is 2. The molecule has 0 amide bonds. The van der Waals surface area contributed by atoms with Crippen molar-refractivity contribution in [2.24, 2.45) is 0 Å². The molecule has 12 aromatic rings. The molecule has 0 saturated carbocycles. The minimum absolute atomic E-state index is 0.146. The Labute approximate surface area is 357 Å². The van der Waals surface area contributed by atoms with E-state index < -0.39 is 0 Å². The first-order chi connectivity index (χ1) is 30.0. The van der Waals surface area contributed by atoms with Gasteiger partial charge in [-0.1, -0.05) is 123 Å². The smallest absolute Gasteiger partial charge is 0.137 e. The van der Waals surface area contributed by atoms with Gasteiger partial charge in [-0.3, -0.25) is 0 Å². The van der Waals surface area contributed by atoms with Crippen LogP contribution in [0.2, 0.25) is 0 Å². The summed E-state index contributed by atoms with van der Waals surface area (Å²) in [5.41, 5.74) is 16.3. The molecule has 0 fully saturated rings. The van der Waals surface area contributed by atoms with E-state index in [4.69, 9.17) is 4.42 Å². The van der Waals surface area contributed by atoms with Gasteiger partial charge in [0.1, 0.15) is 11.2 Å². The van der Waals surface area contributed by atoms with Crippen molar-refractivity contribution < 1.29 is 4.42 Å². The Morgan fingerprint density at radius 3 is 2.02 bits per heavy atom. The van der Waals surface area contributed by atoms with E-state index in [0.29, 0.717) is 0 Å². The lowest BCUT2D eigenvalue weighted by atomic mass is 9.82. The van der Waals surface area contributed by atoms with Gasteiger partial charge in [-0.15, -0.1) is 11.3 Å². The van der Waals surface area contributed by atoms with Crippen LogP contribution in [0.25, 0.3) is 91.9 Å². The zero-order chi connectivity index (χ0) is 40.4. The van der Waals surface area contributed by atoms with Gasteiger partial charge < -0.3 is 13.9 Å². The monoisotopic (exact) mass is 798 g/mol. The summed E-state index contributed by atoms with van der Waals surface area (Å²) in [6.45, 7) is 4.73. The van der Waals surface area contributed by atoms with Crippen LogP contribution in [0.5, 0.6) is 0 Å². The first kappa shape index (κ1) is 34.5. The Balaban J connectivity index is 1.05. The molecule has 1 aliphatic rings. The number of benzene rings is 9. The fourth-order valence-corrected chi connectivity index (χ4v) is 11.5. The van der Waals surface area contributed by atoms with Gasteiger partial charge in [0.05, 0.1) is 27.8 Å². The lowest BCUT2D eigenvalue weighted by molar-refractivity contribution is 0.660. The number of hydrogen-bond acceptors (Lipinski definition) is 3. The molecule has 288 valence electrons. The molecular weight excluding hydrogens is 761 g/mol. The van der Waals surface area contributed by atoms with E-state index in [2.05, 4.69) is 217 Å². The highest BCUT2D eigenvalue weighted by Gasteiger charge is 2.36. The third-order valence-electron chi connectivity index (χ3n) is 13.2. The Morgan fingerprint density at radius 1 is 0.459 bits per heavy atom. The normalized spacial score (nSPS) is 13.2. The Hall–Kier alpha value is -7.40. The summed E-state index contributed by atoms with van der Waals surface area (Å²) in [4.78, 5) is 2.50. The van der Waals surface area contributed by atoms with E-state index in [-0.39, 0.29) is 5.41 Å². The molecule has 0 aliphatic heterocycles. The minimum atomic E-state index is -0.146. The average molecular weight is 799 g/mol. The standard InChI is InChI=1S/C57H38N2OS/c1-57(2)45-19-9-6-16-39(45)40-29-28-38(34-46(40)57)59(49-21-12-24-52-55(49)42-18-8-11-23-51(42)60-52)50-22-13-25-54-56(50)44-33-36(27-31-53(44)61-54)35-26-30-48-43(32-35)41-17-7-10-20-47(41)58(48)37-14-4-3-5-15-37/h3-34H,1-2H3. The quantitative estimate of drug-likeness (QED) is 0.173. The van der Waals surface area contributed by atoms with Gasteiger partial charge in [0.25, 0.3) is 0 Å². The molecule has 13 rings (SSSR count). The Kier molecular flexibility index (Phi) is 7.23. The van der Waals surface area contributed by atoms with Crippen LogP contribution in [0.4, 0.5) is 17.1 Å². The van der Waals surface area contributed by atoms with Crippen LogP contribution < -0.4 is 4.90 Å². The van der Waals surface area contributed by atoms with Crippen molar-refractivity contribution in [3.63, 3.8) is 0 Å². The van der Waals surface area contributed by atoms with Crippen LogP contribution in [-0.4, -0.2) is 4.57 Å². The topological polar surface area (TPSA) is 21.3 Å². The van der Waals surface area contributed by atoms with Crippen molar-refractivity contribution in [1.82, 2.24) is 4.57 Å². The second kappa shape index (κ2) is 12.8. The third kappa shape index (κ3) is 4.97. The molecule has 3 aromatic heterocycles. The molecule has 0 N–H and O–H groups in total. The molecule has 1 aliphatic carbocycles. The van der Waals surface area contributed by atoms with Crippen LogP contribution >= 0.6 is 11.3 Å². The van der Waals surface area contributed by atoms with Crippen molar-refractivity contribution in [3.05, 3.63) is 205 Å². The minimum Gasteiger partial charge on any atom is -0.456 e. The van der Waals surface area contributed by atoms with Crippen molar-refractivity contribution in [1.29, 1.82) is 0 Å². The Bertz CT molecular complexity index is 3750. The molecule has 3 nitrogen and oxygen atoms in total. The first-order valence-electron chi connectivity index (χ1n) is 21.0. The highest BCUT2D eigenvalue weighted by atomic mass is 32.1. The SMILES string of the molecule is CC1(C)c2ccccc2-c2ccc(N(c3cccc4oc5ccccc5c34)c3cccc4sc5ccc(-c6ccc7c(c6)c6ccccc6n7-c6ccccc6)cc5c34)cc21. The third-order valence-corrected chi connectivity index (χ3v) is 14.3. The molecule has 3 heterocycles. The second-order valence-electron chi connectivity index (χ2n) is 16.9. The van der Waals surface area contributed by atoms with Crippen molar-refractivity contribution >= 4 is 92.3 Å². The van der Waals surface area contributed by atoms with Crippen LogP contribution in [0.3, 0.4) is 0 Å². The number of anilines is 3. The van der Waals surface area contributed by atoms with Crippen molar-refractivity contribution in [2.75, 3.05) is 4.90 Å². The predicted octanol–water partition coefficient (Wildman–Crippen LogP) is 16.5. The fourth-order valence-electron chi connectivity index (χ4n) is 10.4. The maximum absolute atomic E-state index is 6.53. The number of aromatic nitrogens is 1. The van der Waals surface area contributed by atoms with E-state index in [9.17, 15) is 0 Å². The molecule has 0 bridgehead atoms. The van der Waals surface area contributed by atoms with E-state index in [1.54, 1.807) is 0 Å². The van der Waals surface area contributed by atoms with Gasteiger partial charge in [0, 0.05) is 53.1 Å². The summed E-state index contributed by atoms with van der Waals surface area (Å²) in [6.07, 6.45) is 0. The molecular formula is C57H38N2OS. The first-order valence-corrected chi connectivity index (χ1v) is 21.8. The largest absolute Gasteiger partial charge is 0.456 e. The van der Waals surface area contributed by atoms with Gasteiger partial charge in [0.15, 0.2) is 0 Å². The van der Waals surface area contributed by atoms with E-state index in [1.807, 2.05) is 11.3 Å². The highest BCUT2D eigenvalue weighted by Crippen LogP contribution is 2.53. The molecule has 0 spiro atoms. The van der Waals surface area contributed by atoms with Crippen LogP contribution in [-0.2, 0) is 5.41 Å². The van der Waals surface area contributed by atoms with E-state index in [0.717, 1.165) is 39.0 Å². The number of para-hydroxylation sites is 3. The highest BCUT2D eigenvalue weighted by molar-refractivity contribution is 7.26. The van der Waals surface area contributed by atoms with Gasteiger partial charge in [-0.2, -0.15) is 0 Å². The van der Waals surface area contributed by atoms with Gasteiger partial charge >= 0.3 is 0 Å². The summed E-state index contributed by atoms with van der Waals surface area (Å²) < 4.78 is 11.4. The number of furan rings is 1. The summed E-state index contributed by atoms with van der Waals surface area (Å²) in [5.74, 6) is 0. The van der Waals surface area contributed by atoms with Crippen molar-refractivity contribution in [2.45, 2.75) is 19.3 Å². The molecule has 0 saturated heterocycles. The fraction of sp³-hybridized carbons (Fsp3) is 0.0526. The molecule has 0 unspecified atom stereocenters. The Morgan fingerprint density at radius 2 is 1.13 bits per heavy atom.